The third-order valence-electron chi connectivity index (χ3n) is 5.29. The molecule has 4 rings (SSSR count). The first-order valence-corrected chi connectivity index (χ1v) is 11.3. The molecule has 1 aliphatic rings. The van der Waals surface area contributed by atoms with Crippen molar-refractivity contribution in [2.75, 3.05) is 6.61 Å². The Kier molecular flexibility index (Phi) is 6.79. The quantitative estimate of drug-likeness (QED) is 0.258. The monoisotopic (exact) mass is 504 g/mol. The molecule has 7 heteroatoms. The highest BCUT2D eigenvalue weighted by atomic mass is 79.9. The second-order valence-corrected chi connectivity index (χ2v) is 8.39. The van der Waals surface area contributed by atoms with Gasteiger partial charge in [0.15, 0.2) is 0 Å². The molecule has 1 heterocycles. The number of carbonyl (C=O) groups is 3. The summed E-state index contributed by atoms with van der Waals surface area (Å²) in [7, 11) is 0. The minimum absolute atomic E-state index is 0.154. The van der Waals surface area contributed by atoms with Crippen LogP contribution < -0.4 is 0 Å². The number of fused-ring (bicyclic) bond motifs is 1. The van der Waals surface area contributed by atoms with Crippen molar-refractivity contribution in [2.24, 2.45) is 4.99 Å². The van der Waals surface area contributed by atoms with Crippen LogP contribution in [-0.4, -0.2) is 41.5 Å². The van der Waals surface area contributed by atoms with E-state index in [9.17, 15) is 14.4 Å². The predicted octanol–water partition coefficient (Wildman–Crippen LogP) is 4.97. The molecule has 0 spiro atoms. The summed E-state index contributed by atoms with van der Waals surface area (Å²) in [4.78, 5) is 44.1. The first-order valence-electron chi connectivity index (χ1n) is 10.5. The Bertz CT molecular complexity index is 1180. The van der Waals surface area contributed by atoms with E-state index in [0.29, 0.717) is 11.1 Å². The lowest BCUT2D eigenvalue weighted by Crippen LogP contribution is -2.47. The van der Waals surface area contributed by atoms with Gasteiger partial charge in [-0.1, -0.05) is 52.3 Å². The number of benzene rings is 3. The molecule has 0 N–H and O–H groups in total. The number of ether oxygens (including phenoxy) is 1. The molecule has 0 unspecified atom stereocenters. The summed E-state index contributed by atoms with van der Waals surface area (Å²) in [6.45, 7) is 1.85. The normalized spacial score (nSPS) is 13.9. The van der Waals surface area contributed by atoms with E-state index in [4.69, 9.17) is 4.74 Å². The maximum absolute atomic E-state index is 12.9. The van der Waals surface area contributed by atoms with Gasteiger partial charge in [0.05, 0.1) is 23.4 Å². The Morgan fingerprint density at radius 3 is 2.15 bits per heavy atom. The molecule has 2 amide bonds. The molecule has 3 aromatic carbocycles. The van der Waals surface area contributed by atoms with Gasteiger partial charge in [-0.3, -0.25) is 19.5 Å². The fourth-order valence-electron chi connectivity index (χ4n) is 3.65. The van der Waals surface area contributed by atoms with E-state index in [1.807, 2.05) is 48.5 Å². The number of carbonyl (C=O) groups excluding carboxylic acids is 3. The summed E-state index contributed by atoms with van der Waals surface area (Å²) in [5.74, 6) is -1.57. The van der Waals surface area contributed by atoms with Crippen LogP contribution in [0.1, 0.15) is 38.8 Å². The number of esters is 1. The molecule has 166 valence electrons. The van der Waals surface area contributed by atoms with Crippen LogP contribution >= 0.6 is 15.9 Å². The second-order valence-electron chi connectivity index (χ2n) is 7.47. The fraction of sp³-hybridized carbons (Fsp3) is 0.154. The second kappa shape index (κ2) is 9.92. The van der Waals surface area contributed by atoms with Gasteiger partial charge in [0.1, 0.15) is 6.04 Å². The Morgan fingerprint density at radius 1 is 0.970 bits per heavy atom. The summed E-state index contributed by atoms with van der Waals surface area (Å²) < 4.78 is 6.19. The Morgan fingerprint density at radius 2 is 1.58 bits per heavy atom. The van der Waals surface area contributed by atoms with Crippen molar-refractivity contribution < 1.29 is 19.1 Å². The van der Waals surface area contributed by atoms with Crippen LogP contribution in [0.15, 0.2) is 82.3 Å². The summed E-state index contributed by atoms with van der Waals surface area (Å²) in [6, 6.07) is 20.6. The van der Waals surface area contributed by atoms with Crippen molar-refractivity contribution in [2.45, 2.75) is 19.4 Å². The fourth-order valence-corrected chi connectivity index (χ4v) is 3.91. The number of hydrogen-bond donors (Lipinski definition) is 0. The van der Waals surface area contributed by atoms with Gasteiger partial charge in [-0.2, -0.15) is 0 Å². The van der Waals surface area contributed by atoms with Crippen LogP contribution in [0.25, 0.3) is 0 Å². The third-order valence-corrected chi connectivity index (χ3v) is 5.82. The molecule has 0 aliphatic carbocycles. The Hall–Kier alpha value is -3.58. The summed E-state index contributed by atoms with van der Waals surface area (Å²) in [5.41, 5.74) is 3.10. The van der Waals surface area contributed by atoms with Gasteiger partial charge in [-0.15, -0.1) is 0 Å². The van der Waals surface area contributed by atoms with Gasteiger partial charge in [-0.05, 0) is 54.4 Å². The van der Waals surface area contributed by atoms with Crippen molar-refractivity contribution in [3.8, 4) is 0 Å². The molecule has 1 atom stereocenters. The Balaban J connectivity index is 1.54. The van der Waals surface area contributed by atoms with Crippen LogP contribution in [0.5, 0.6) is 0 Å². The van der Waals surface area contributed by atoms with E-state index >= 15 is 0 Å². The topological polar surface area (TPSA) is 76.0 Å². The molecule has 0 aromatic heterocycles. The molecule has 0 saturated heterocycles. The van der Waals surface area contributed by atoms with Crippen molar-refractivity contribution in [1.29, 1.82) is 0 Å². The van der Waals surface area contributed by atoms with Gasteiger partial charge in [0, 0.05) is 17.1 Å². The zero-order valence-corrected chi connectivity index (χ0v) is 19.5. The minimum atomic E-state index is -1.05. The molecule has 0 bridgehead atoms. The molecular formula is C26H21BrN2O4. The van der Waals surface area contributed by atoms with E-state index in [1.54, 1.807) is 37.4 Å². The number of aliphatic imine (C=N–C) groups is 1. The molecule has 33 heavy (non-hydrogen) atoms. The summed E-state index contributed by atoms with van der Waals surface area (Å²) in [6.07, 6.45) is 1.92. The van der Waals surface area contributed by atoms with E-state index in [2.05, 4.69) is 20.9 Å². The molecule has 0 radical (unpaired) electrons. The maximum Gasteiger partial charge on any atom is 0.329 e. The highest BCUT2D eigenvalue weighted by molar-refractivity contribution is 9.10. The smallest absolute Gasteiger partial charge is 0.329 e. The molecular weight excluding hydrogens is 484 g/mol. The number of amides is 2. The van der Waals surface area contributed by atoms with Gasteiger partial charge >= 0.3 is 5.97 Å². The van der Waals surface area contributed by atoms with E-state index in [0.717, 1.165) is 26.2 Å². The lowest BCUT2D eigenvalue weighted by atomic mass is 10.0. The highest BCUT2D eigenvalue weighted by Crippen LogP contribution is 2.27. The molecule has 1 aliphatic heterocycles. The highest BCUT2D eigenvalue weighted by Gasteiger charge is 2.43. The average molecular weight is 505 g/mol. The van der Waals surface area contributed by atoms with E-state index < -0.39 is 23.8 Å². The lowest BCUT2D eigenvalue weighted by Gasteiger charge is -2.24. The minimum Gasteiger partial charge on any atom is -0.464 e. The van der Waals surface area contributed by atoms with E-state index in [-0.39, 0.29) is 13.0 Å². The molecule has 0 fully saturated rings. The number of halogens is 1. The van der Waals surface area contributed by atoms with Gasteiger partial charge in [0.2, 0.25) is 0 Å². The summed E-state index contributed by atoms with van der Waals surface area (Å²) in [5, 5.41) is 0. The standard InChI is InChI=1S/C26H21BrN2O4/c1-2-33-26(32)23(29-24(30)21-5-3-4-6-22(21)25(29)31)15-17-9-13-20(14-10-17)28-16-18-7-11-19(27)12-8-18/h3-14,16,23H,2,15H2,1H3/t23-/m1/s1. The average Bonchev–Trinajstić information content (AvgIpc) is 3.08. The van der Waals surface area contributed by atoms with Crippen LogP contribution in [0.2, 0.25) is 0 Å². The third kappa shape index (κ3) is 4.93. The van der Waals surface area contributed by atoms with Crippen molar-refractivity contribution in [3.05, 3.63) is 99.5 Å². The van der Waals surface area contributed by atoms with Crippen molar-refractivity contribution in [3.63, 3.8) is 0 Å². The number of hydrogen-bond acceptors (Lipinski definition) is 5. The lowest BCUT2D eigenvalue weighted by molar-refractivity contribution is -0.147. The van der Waals surface area contributed by atoms with Crippen LogP contribution in [0.3, 0.4) is 0 Å². The summed E-state index contributed by atoms with van der Waals surface area (Å²) >= 11 is 3.41. The largest absolute Gasteiger partial charge is 0.464 e. The van der Waals surface area contributed by atoms with Gasteiger partial charge in [0.25, 0.3) is 11.8 Å². The number of nitrogens with zero attached hydrogens (tertiary/aromatic N) is 2. The van der Waals surface area contributed by atoms with Gasteiger partial charge in [-0.25, -0.2) is 4.79 Å². The van der Waals surface area contributed by atoms with Gasteiger partial charge < -0.3 is 4.74 Å². The van der Waals surface area contributed by atoms with Crippen LogP contribution in [-0.2, 0) is 16.0 Å². The zero-order chi connectivity index (χ0) is 23.4. The number of rotatable bonds is 7. The Labute approximate surface area is 200 Å². The first kappa shape index (κ1) is 22.6. The van der Waals surface area contributed by atoms with Crippen molar-refractivity contribution in [1.82, 2.24) is 4.90 Å². The number of imide groups is 1. The zero-order valence-electron chi connectivity index (χ0n) is 17.9. The van der Waals surface area contributed by atoms with Crippen molar-refractivity contribution >= 4 is 45.6 Å². The molecule has 6 nitrogen and oxygen atoms in total. The SMILES string of the molecule is CCOC(=O)[C@@H](Cc1ccc(N=Cc2ccc(Br)cc2)cc1)N1C(=O)c2ccccc2C1=O. The first-order chi connectivity index (χ1) is 16.0. The molecule has 3 aromatic rings. The maximum atomic E-state index is 12.9. The predicted molar refractivity (Wildman–Crippen MR) is 129 cm³/mol. The van der Waals surface area contributed by atoms with Crippen LogP contribution in [0, 0.1) is 0 Å². The molecule has 0 saturated carbocycles. The van der Waals surface area contributed by atoms with E-state index in [1.165, 1.54) is 0 Å². The van der Waals surface area contributed by atoms with Crippen LogP contribution in [0.4, 0.5) is 5.69 Å².